The molecule has 1 fully saturated rings. The van der Waals surface area contributed by atoms with Gasteiger partial charge in [0.15, 0.2) is 0 Å². The van der Waals surface area contributed by atoms with Gasteiger partial charge in [-0.1, -0.05) is 6.42 Å². The van der Waals surface area contributed by atoms with Gasteiger partial charge in [-0.2, -0.15) is 4.31 Å². The van der Waals surface area contributed by atoms with E-state index in [0.717, 1.165) is 19.3 Å². The molecule has 1 rings (SSSR count). The van der Waals surface area contributed by atoms with Gasteiger partial charge >= 0.3 is 0 Å². The van der Waals surface area contributed by atoms with E-state index < -0.39 is 10.0 Å². The number of sulfonamides is 1. The average molecular weight is 222 g/mol. The SMILES string of the molecule is NCCS(=O)(=O)N(CCO)C1CCC1. The van der Waals surface area contributed by atoms with Crippen LogP contribution in [0.3, 0.4) is 0 Å². The smallest absolute Gasteiger partial charge is 0.215 e. The van der Waals surface area contributed by atoms with Crippen LogP contribution in [0.2, 0.25) is 0 Å². The van der Waals surface area contributed by atoms with Gasteiger partial charge < -0.3 is 10.8 Å². The second-order valence-electron chi connectivity index (χ2n) is 3.52. The molecule has 0 aromatic heterocycles. The molecule has 1 saturated carbocycles. The number of aliphatic hydroxyl groups excluding tert-OH is 1. The van der Waals surface area contributed by atoms with Crippen LogP contribution in [0.4, 0.5) is 0 Å². The fraction of sp³-hybridized carbons (Fsp3) is 1.00. The summed E-state index contributed by atoms with van der Waals surface area (Å²) in [5, 5.41) is 8.80. The van der Waals surface area contributed by atoms with E-state index in [-0.39, 0.29) is 31.5 Å². The predicted octanol–water partition coefficient (Wildman–Crippen LogP) is -0.878. The Kier molecular flexibility index (Phi) is 4.31. The van der Waals surface area contributed by atoms with Crippen molar-refractivity contribution in [1.82, 2.24) is 4.31 Å². The molecule has 5 nitrogen and oxygen atoms in total. The number of nitrogens with zero attached hydrogens (tertiary/aromatic N) is 1. The highest BCUT2D eigenvalue weighted by Gasteiger charge is 2.32. The summed E-state index contributed by atoms with van der Waals surface area (Å²) in [6.07, 6.45) is 2.89. The van der Waals surface area contributed by atoms with Gasteiger partial charge in [0.1, 0.15) is 0 Å². The summed E-state index contributed by atoms with van der Waals surface area (Å²) >= 11 is 0. The van der Waals surface area contributed by atoms with E-state index >= 15 is 0 Å². The zero-order valence-electron chi connectivity index (χ0n) is 8.22. The molecular formula is C8H18N2O3S. The van der Waals surface area contributed by atoms with Crippen molar-refractivity contribution in [2.24, 2.45) is 5.73 Å². The van der Waals surface area contributed by atoms with Gasteiger partial charge in [-0.3, -0.25) is 0 Å². The summed E-state index contributed by atoms with van der Waals surface area (Å²) in [5.41, 5.74) is 5.24. The molecule has 84 valence electrons. The summed E-state index contributed by atoms with van der Waals surface area (Å²) in [5.74, 6) is -0.0243. The Morgan fingerprint density at radius 1 is 1.43 bits per heavy atom. The number of nitrogens with two attached hydrogens (primary N) is 1. The molecule has 0 amide bonds. The molecular weight excluding hydrogens is 204 g/mol. The molecule has 3 N–H and O–H groups in total. The summed E-state index contributed by atoms with van der Waals surface area (Å²) in [6, 6.07) is 0.0960. The lowest BCUT2D eigenvalue weighted by Crippen LogP contribution is -2.47. The lowest BCUT2D eigenvalue weighted by molar-refractivity contribution is 0.178. The topological polar surface area (TPSA) is 83.6 Å². The van der Waals surface area contributed by atoms with Gasteiger partial charge in [-0.05, 0) is 12.8 Å². The van der Waals surface area contributed by atoms with Crippen molar-refractivity contribution in [3.05, 3.63) is 0 Å². The summed E-state index contributed by atoms with van der Waals surface area (Å²) < 4.78 is 24.8. The highest BCUT2D eigenvalue weighted by atomic mass is 32.2. The Hall–Kier alpha value is -0.170. The molecule has 0 aromatic carbocycles. The van der Waals surface area contributed by atoms with Crippen molar-refractivity contribution < 1.29 is 13.5 Å². The van der Waals surface area contributed by atoms with Crippen molar-refractivity contribution in [1.29, 1.82) is 0 Å². The third kappa shape index (κ3) is 2.66. The lowest BCUT2D eigenvalue weighted by Gasteiger charge is -2.36. The van der Waals surface area contributed by atoms with Crippen LogP contribution in [-0.4, -0.2) is 49.3 Å². The Balaban J connectivity index is 2.65. The van der Waals surface area contributed by atoms with Crippen LogP contribution in [0.5, 0.6) is 0 Å². The Bertz CT molecular complexity index is 262. The van der Waals surface area contributed by atoms with Crippen LogP contribution < -0.4 is 5.73 Å². The first-order chi connectivity index (χ1) is 6.61. The molecule has 14 heavy (non-hydrogen) atoms. The number of aliphatic hydroxyl groups is 1. The standard InChI is InChI=1S/C8H18N2O3S/c9-4-7-14(12,13)10(5-6-11)8-2-1-3-8/h8,11H,1-7,9H2. The minimum Gasteiger partial charge on any atom is -0.395 e. The van der Waals surface area contributed by atoms with Crippen molar-refractivity contribution in [3.8, 4) is 0 Å². The van der Waals surface area contributed by atoms with Crippen LogP contribution >= 0.6 is 0 Å². The van der Waals surface area contributed by atoms with Gasteiger partial charge in [0, 0.05) is 19.1 Å². The van der Waals surface area contributed by atoms with Crippen molar-refractivity contribution in [3.63, 3.8) is 0 Å². The molecule has 0 aromatic rings. The lowest BCUT2D eigenvalue weighted by atomic mass is 9.93. The Labute approximate surface area is 84.9 Å². The molecule has 6 heteroatoms. The van der Waals surface area contributed by atoms with E-state index in [4.69, 9.17) is 10.8 Å². The van der Waals surface area contributed by atoms with E-state index in [1.165, 1.54) is 4.31 Å². The first-order valence-corrected chi connectivity index (χ1v) is 6.53. The maximum atomic E-state index is 11.7. The average Bonchev–Trinajstić information content (AvgIpc) is 2.00. The third-order valence-corrected chi connectivity index (χ3v) is 4.48. The molecule has 0 bridgehead atoms. The van der Waals surface area contributed by atoms with Gasteiger partial charge in [0.05, 0.1) is 12.4 Å². The monoisotopic (exact) mass is 222 g/mol. The fourth-order valence-electron chi connectivity index (χ4n) is 1.59. The summed E-state index contributed by atoms with van der Waals surface area (Å²) in [4.78, 5) is 0. The number of rotatable bonds is 6. The van der Waals surface area contributed by atoms with E-state index in [1.54, 1.807) is 0 Å². The molecule has 0 unspecified atom stereocenters. The van der Waals surface area contributed by atoms with Gasteiger partial charge in [0.2, 0.25) is 10.0 Å². The maximum absolute atomic E-state index is 11.7. The van der Waals surface area contributed by atoms with Gasteiger partial charge in [0.25, 0.3) is 0 Å². The first-order valence-electron chi connectivity index (χ1n) is 4.92. The molecule has 1 aliphatic rings. The second-order valence-corrected chi connectivity index (χ2v) is 5.56. The molecule has 0 atom stereocenters. The maximum Gasteiger partial charge on any atom is 0.215 e. The largest absolute Gasteiger partial charge is 0.395 e. The molecule has 0 heterocycles. The Morgan fingerprint density at radius 2 is 2.07 bits per heavy atom. The highest BCUT2D eigenvalue weighted by molar-refractivity contribution is 7.89. The summed E-state index contributed by atoms with van der Waals surface area (Å²) in [7, 11) is -3.25. The van der Waals surface area contributed by atoms with Crippen molar-refractivity contribution in [2.45, 2.75) is 25.3 Å². The van der Waals surface area contributed by atoms with Crippen molar-refractivity contribution >= 4 is 10.0 Å². The second kappa shape index (κ2) is 5.06. The minimum atomic E-state index is -3.25. The normalized spacial score (nSPS) is 18.5. The first kappa shape index (κ1) is 11.9. The highest BCUT2D eigenvalue weighted by Crippen LogP contribution is 2.26. The molecule has 0 saturated heterocycles. The zero-order chi connectivity index (χ0) is 10.6. The molecule has 0 radical (unpaired) electrons. The number of hydrogen-bond donors (Lipinski definition) is 2. The predicted molar refractivity (Wildman–Crippen MR) is 54.3 cm³/mol. The number of hydrogen-bond acceptors (Lipinski definition) is 4. The van der Waals surface area contributed by atoms with Crippen LogP contribution in [-0.2, 0) is 10.0 Å². The van der Waals surface area contributed by atoms with Crippen LogP contribution in [0, 0.1) is 0 Å². The molecule has 1 aliphatic carbocycles. The van der Waals surface area contributed by atoms with Gasteiger partial charge in [-0.25, -0.2) is 8.42 Å². The van der Waals surface area contributed by atoms with E-state index in [2.05, 4.69) is 0 Å². The van der Waals surface area contributed by atoms with Crippen LogP contribution in [0.15, 0.2) is 0 Å². The zero-order valence-corrected chi connectivity index (χ0v) is 9.04. The molecule has 0 aliphatic heterocycles. The Morgan fingerprint density at radius 3 is 2.43 bits per heavy atom. The summed E-state index contributed by atoms with van der Waals surface area (Å²) in [6.45, 7) is 0.213. The van der Waals surface area contributed by atoms with E-state index in [1.807, 2.05) is 0 Å². The van der Waals surface area contributed by atoms with Crippen LogP contribution in [0.1, 0.15) is 19.3 Å². The third-order valence-electron chi connectivity index (χ3n) is 2.54. The fourth-order valence-corrected chi connectivity index (χ4v) is 3.15. The van der Waals surface area contributed by atoms with E-state index in [0.29, 0.717) is 0 Å². The van der Waals surface area contributed by atoms with E-state index in [9.17, 15) is 8.42 Å². The minimum absolute atomic E-state index is 0.0243. The van der Waals surface area contributed by atoms with Crippen molar-refractivity contribution in [2.75, 3.05) is 25.4 Å². The van der Waals surface area contributed by atoms with Crippen LogP contribution in [0.25, 0.3) is 0 Å². The van der Waals surface area contributed by atoms with Gasteiger partial charge in [-0.15, -0.1) is 0 Å². The quantitative estimate of drug-likeness (QED) is 0.611. The molecule has 0 spiro atoms.